The van der Waals surface area contributed by atoms with Crippen molar-refractivity contribution in [3.8, 4) is 11.5 Å². The molecule has 2 N–H and O–H groups in total. The second-order valence-corrected chi connectivity index (χ2v) is 5.99. The lowest BCUT2D eigenvalue weighted by Crippen LogP contribution is -2.40. The van der Waals surface area contributed by atoms with E-state index in [0.717, 1.165) is 42.1 Å². The number of guanidine groups is 1. The third-order valence-electron chi connectivity index (χ3n) is 4.07. The zero-order valence-electron chi connectivity index (χ0n) is 15.1. The molecule has 2 rings (SSSR count). The maximum Gasteiger partial charge on any atom is 0.191 e. The van der Waals surface area contributed by atoms with Crippen LogP contribution in [0, 0.1) is 5.92 Å². The van der Waals surface area contributed by atoms with E-state index in [1.54, 1.807) is 21.3 Å². The topological polar surface area (TPSA) is 64.1 Å². The molecule has 0 aromatic heterocycles. The Morgan fingerprint density at radius 2 is 2.08 bits per heavy atom. The molecule has 1 aromatic carbocycles. The van der Waals surface area contributed by atoms with E-state index in [9.17, 15) is 0 Å². The SMILES string of the molecule is CN=C(NCCOCC1CC1)NC(C)c1cc(OC)ccc1OC. The molecule has 0 spiro atoms. The zero-order chi connectivity index (χ0) is 17.4. The minimum absolute atomic E-state index is 0.0219. The van der Waals surface area contributed by atoms with Gasteiger partial charge >= 0.3 is 0 Å². The summed E-state index contributed by atoms with van der Waals surface area (Å²) in [6.45, 7) is 4.36. The predicted octanol–water partition coefficient (Wildman–Crippen LogP) is 2.36. The lowest BCUT2D eigenvalue weighted by Gasteiger charge is -2.20. The standard InChI is InChI=1S/C18H29N3O3/c1-13(16-11-15(22-3)7-8-17(16)23-4)21-18(19-2)20-9-10-24-12-14-5-6-14/h7-8,11,13-14H,5-6,9-10,12H2,1-4H3,(H2,19,20,21). The molecule has 0 heterocycles. The smallest absolute Gasteiger partial charge is 0.191 e. The normalized spacial score (nSPS) is 15.8. The molecule has 1 unspecified atom stereocenters. The van der Waals surface area contributed by atoms with E-state index in [1.807, 2.05) is 18.2 Å². The summed E-state index contributed by atoms with van der Waals surface area (Å²) in [5.74, 6) is 3.15. The van der Waals surface area contributed by atoms with Gasteiger partial charge in [0, 0.05) is 25.8 Å². The maximum atomic E-state index is 5.63. The highest BCUT2D eigenvalue weighted by atomic mass is 16.5. The van der Waals surface area contributed by atoms with E-state index in [4.69, 9.17) is 14.2 Å². The van der Waals surface area contributed by atoms with E-state index in [1.165, 1.54) is 12.8 Å². The molecule has 1 aliphatic rings. The van der Waals surface area contributed by atoms with Crippen molar-refractivity contribution in [2.45, 2.75) is 25.8 Å². The summed E-state index contributed by atoms with van der Waals surface area (Å²) < 4.78 is 16.4. The molecule has 0 amide bonds. The molecule has 6 nitrogen and oxygen atoms in total. The third kappa shape index (κ3) is 5.60. The monoisotopic (exact) mass is 335 g/mol. The van der Waals surface area contributed by atoms with E-state index < -0.39 is 0 Å². The van der Waals surface area contributed by atoms with Gasteiger partial charge in [0.15, 0.2) is 5.96 Å². The van der Waals surface area contributed by atoms with Gasteiger partial charge in [0.25, 0.3) is 0 Å². The van der Waals surface area contributed by atoms with Crippen LogP contribution in [0.1, 0.15) is 31.4 Å². The average Bonchev–Trinajstić information content (AvgIpc) is 3.43. The van der Waals surface area contributed by atoms with Crippen molar-refractivity contribution < 1.29 is 14.2 Å². The van der Waals surface area contributed by atoms with Gasteiger partial charge in [0.2, 0.25) is 0 Å². The molecule has 1 aromatic rings. The molecular formula is C18H29N3O3. The second kappa shape index (κ2) is 9.37. The Labute approximate surface area is 144 Å². The Balaban J connectivity index is 1.84. The number of benzene rings is 1. The fourth-order valence-corrected chi connectivity index (χ4v) is 2.43. The molecule has 0 radical (unpaired) electrons. The van der Waals surface area contributed by atoms with Crippen LogP contribution in [-0.4, -0.2) is 47.0 Å². The highest BCUT2D eigenvalue weighted by molar-refractivity contribution is 5.80. The number of methoxy groups -OCH3 is 2. The Bertz CT molecular complexity index is 544. The van der Waals surface area contributed by atoms with E-state index in [-0.39, 0.29) is 6.04 Å². The Morgan fingerprint density at radius 1 is 1.29 bits per heavy atom. The summed E-state index contributed by atoms with van der Waals surface area (Å²) in [5, 5.41) is 6.64. The van der Waals surface area contributed by atoms with Crippen LogP contribution < -0.4 is 20.1 Å². The van der Waals surface area contributed by atoms with Crippen LogP contribution in [-0.2, 0) is 4.74 Å². The number of nitrogens with one attached hydrogen (secondary N) is 2. The molecule has 1 saturated carbocycles. The molecule has 6 heteroatoms. The van der Waals surface area contributed by atoms with Crippen LogP contribution in [0.2, 0.25) is 0 Å². The summed E-state index contributed by atoms with van der Waals surface area (Å²) in [4.78, 5) is 4.26. The van der Waals surface area contributed by atoms with E-state index in [2.05, 4.69) is 22.5 Å². The first kappa shape index (κ1) is 18.4. The third-order valence-corrected chi connectivity index (χ3v) is 4.07. The van der Waals surface area contributed by atoms with Crippen molar-refractivity contribution in [1.82, 2.24) is 10.6 Å². The Hall–Kier alpha value is -1.95. The van der Waals surface area contributed by atoms with Gasteiger partial charge in [-0.25, -0.2) is 0 Å². The first-order valence-electron chi connectivity index (χ1n) is 8.44. The largest absolute Gasteiger partial charge is 0.497 e. The van der Waals surface area contributed by atoms with Gasteiger partial charge in [-0.3, -0.25) is 4.99 Å². The van der Waals surface area contributed by atoms with Crippen LogP contribution in [0.15, 0.2) is 23.2 Å². The number of aliphatic imine (C=N–C) groups is 1. The van der Waals surface area contributed by atoms with Crippen LogP contribution in [0.25, 0.3) is 0 Å². The Morgan fingerprint density at radius 3 is 2.71 bits per heavy atom. The fraction of sp³-hybridized carbons (Fsp3) is 0.611. The number of ether oxygens (including phenoxy) is 3. The predicted molar refractivity (Wildman–Crippen MR) is 96.0 cm³/mol. The van der Waals surface area contributed by atoms with Gasteiger partial charge in [-0.1, -0.05) is 0 Å². The number of hydrogen-bond donors (Lipinski definition) is 2. The van der Waals surface area contributed by atoms with Crippen molar-refractivity contribution in [2.75, 3.05) is 41.0 Å². The van der Waals surface area contributed by atoms with Crippen molar-refractivity contribution >= 4 is 5.96 Å². The van der Waals surface area contributed by atoms with E-state index in [0.29, 0.717) is 6.61 Å². The molecule has 134 valence electrons. The lowest BCUT2D eigenvalue weighted by atomic mass is 10.1. The Kier molecular flexibility index (Phi) is 7.18. The van der Waals surface area contributed by atoms with Gasteiger partial charge < -0.3 is 24.8 Å². The number of hydrogen-bond acceptors (Lipinski definition) is 4. The minimum atomic E-state index is 0.0219. The second-order valence-electron chi connectivity index (χ2n) is 5.99. The molecule has 0 bridgehead atoms. The van der Waals surface area contributed by atoms with Crippen LogP contribution in [0.4, 0.5) is 0 Å². The fourth-order valence-electron chi connectivity index (χ4n) is 2.43. The number of nitrogens with zero attached hydrogens (tertiary/aromatic N) is 1. The highest BCUT2D eigenvalue weighted by Crippen LogP contribution is 2.29. The van der Waals surface area contributed by atoms with Gasteiger partial charge in [0.05, 0.1) is 26.9 Å². The van der Waals surface area contributed by atoms with Crippen LogP contribution in [0.5, 0.6) is 11.5 Å². The molecule has 1 aliphatic carbocycles. The van der Waals surface area contributed by atoms with Gasteiger partial charge in [-0.15, -0.1) is 0 Å². The van der Waals surface area contributed by atoms with Crippen LogP contribution >= 0.6 is 0 Å². The summed E-state index contributed by atoms with van der Waals surface area (Å²) in [5.41, 5.74) is 1.02. The van der Waals surface area contributed by atoms with Crippen LogP contribution in [0.3, 0.4) is 0 Å². The maximum absolute atomic E-state index is 5.63. The van der Waals surface area contributed by atoms with E-state index >= 15 is 0 Å². The average molecular weight is 335 g/mol. The van der Waals surface area contributed by atoms with Gasteiger partial charge in [-0.05, 0) is 43.9 Å². The lowest BCUT2D eigenvalue weighted by molar-refractivity contribution is 0.129. The molecule has 0 saturated heterocycles. The highest BCUT2D eigenvalue weighted by Gasteiger charge is 2.21. The quantitative estimate of drug-likeness (QED) is 0.412. The summed E-state index contributed by atoms with van der Waals surface area (Å²) in [6, 6.07) is 5.80. The summed E-state index contributed by atoms with van der Waals surface area (Å²) in [6.07, 6.45) is 2.63. The minimum Gasteiger partial charge on any atom is -0.497 e. The van der Waals surface area contributed by atoms with Gasteiger partial charge in [-0.2, -0.15) is 0 Å². The van der Waals surface area contributed by atoms with Gasteiger partial charge in [0.1, 0.15) is 11.5 Å². The zero-order valence-corrected chi connectivity index (χ0v) is 15.1. The van der Waals surface area contributed by atoms with Crippen molar-refractivity contribution in [3.05, 3.63) is 23.8 Å². The molecule has 1 atom stereocenters. The number of rotatable bonds is 9. The molecular weight excluding hydrogens is 306 g/mol. The van der Waals surface area contributed by atoms with Crippen molar-refractivity contribution in [1.29, 1.82) is 0 Å². The first-order valence-corrected chi connectivity index (χ1v) is 8.44. The molecule has 0 aliphatic heterocycles. The molecule has 1 fully saturated rings. The molecule has 24 heavy (non-hydrogen) atoms. The summed E-state index contributed by atoms with van der Waals surface area (Å²) >= 11 is 0. The van der Waals surface area contributed by atoms with Crippen molar-refractivity contribution in [2.24, 2.45) is 10.9 Å². The first-order chi connectivity index (χ1) is 11.7. The van der Waals surface area contributed by atoms with Crippen molar-refractivity contribution in [3.63, 3.8) is 0 Å². The summed E-state index contributed by atoms with van der Waals surface area (Å²) in [7, 11) is 5.09.